The summed E-state index contributed by atoms with van der Waals surface area (Å²) in [5.41, 5.74) is 0.119. The van der Waals surface area contributed by atoms with E-state index in [1.165, 1.54) is 6.07 Å². The van der Waals surface area contributed by atoms with Gasteiger partial charge in [0.15, 0.2) is 0 Å². The molecule has 1 heterocycles. The second-order valence-corrected chi connectivity index (χ2v) is 13.2. The van der Waals surface area contributed by atoms with Gasteiger partial charge in [0.05, 0.1) is 23.9 Å². The molecule has 11 heteroatoms. The number of likely N-dealkylation sites (tertiary alicyclic amines) is 1. The lowest BCUT2D eigenvalue weighted by Crippen LogP contribution is -2.68. The molecular weight excluding hydrogens is 602 g/mol. The highest BCUT2D eigenvalue weighted by atomic mass is 79.9. The Bertz CT molecular complexity index is 1200. The van der Waals surface area contributed by atoms with Gasteiger partial charge in [0.25, 0.3) is 0 Å². The molecule has 8 nitrogen and oxygen atoms in total. The number of nitrogens with zero attached hydrogens (tertiary/aromatic N) is 1. The van der Waals surface area contributed by atoms with Crippen LogP contribution >= 0.6 is 31.9 Å². The molecule has 3 rings (SSSR count). The molecule has 2 amide bonds. The largest absolute Gasteiger partial charge is 0.514 e. The number of carbonyl (C=O) groups is 2. The Kier molecular flexibility index (Phi) is 8.48. The highest BCUT2D eigenvalue weighted by Crippen LogP contribution is 2.38. The second kappa shape index (κ2) is 10.7. The number of benzene rings is 2. The zero-order valence-corrected chi connectivity index (χ0v) is 23.8. The summed E-state index contributed by atoms with van der Waals surface area (Å²) in [5.74, 6) is -0.212. The third-order valence-corrected chi connectivity index (χ3v) is 9.48. The van der Waals surface area contributed by atoms with Crippen molar-refractivity contribution < 1.29 is 27.6 Å². The predicted molar refractivity (Wildman–Crippen MR) is 140 cm³/mol. The van der Waals surface area contributed by atoms with Crippen LogP contribution in [-0.4, -0.2) is 60.7 Å². The van der Waals surface area contributed by atoms with Crippen LogP contribution in [-0.2, 0) is 21.2 Å². The van der Waals surface area contributed by atoms with Crippen molar-refractivity contribution in [3.8, 4) is 0 Å². The van der Waals surface area contributed by atoms with Gasteiger partial charge in [0.2, 0.25) is 15.9 Å². The summed E-state index contributed by atoms with van der Waals surface area (Å²) in [6.07, 6.45) is -0.603. The fraction of sp³-hybridized carbons (Fsp3) is 0.417. The van der Waals surface area contributed by atoms with Gasteiger partial charge in [-0.25, -0.2) is 17.6 Å². The third-order valence-electron chi connectivity index (χ3n) is 6.47. The van der Waals surface area contributed by atoms with E-state index in [-0.39, 0.29) is 41.2 Å². The molecule has 0 aliphatic carbocycles. The van der Waals surface area contributed by atoms with Gasteiger partial charge in [0.1, 0.15) is 18.1 Å². The van der Waals surface area contributed by atoms with Crippen molar-refractivity contribution in [1.29, 1.82) is 0 Å². The van der Waals surface area contributed by atoms with Crippen LogP contribution in [0.15, 0.2) is 62.4 Å². The highest BCUT2D eigenvalue weighted by Gasteiger charge is 2.59. The van der Waals surface area contributed by atoms with Gasteiger partial charge in [0, 0.05) is 15.4 Å². The van der Waals surface area contributed by atoms with E-state index in [0.29, 0.717) is 8.95 Å². The smallest absolute Gasteiger partial charge is 0.435 e. The number of sulfonamides is 1. The van der Waals surface area contributed by atoms with Crippen molar-refractivity contribution in [3.05, 3.63) is 63.0 Å². The maximum Gasteiger partial charge on any atom is 0.514 e. The number of quaternary nitrogens is 1. The molecule has 0 aromatic heterocycles. The van der Waals surface area contributed by atoms with Gasteiger partial charge in [-0.3, -0.25) is 4.79 Å². The standard InChI is InChI=1S/C24H29Br2N3O5S/c1-24(2,3)29(23(31)32)15-18(28-35(33,34)21-12-17(25)9-10-20(21)26)13-19(29)14-27-22(30)11-16-7-5-4-6-8-16/h4-10,12,18-19,28H,11,13-15H2,1-3H3,(H-,27,30,31,32)/p+1/t18-,19-,29?/m1/s1. The van der Waals surface area contributed by atoms with Crippen molar-refractivity contribution in [2.45, 2.75) is 56.1 Å². The molecule has 35 heavy (non-hydrogen) atoms. The van der Waals surface area contributed by atoms with Gasteiger partial charge in [-0.2, -0.15) is 4.79 Å². The van der Waals surface area contributed by atoms with Gasteiger partial charge in [-0.05, 0) is 60.5 Å². The molecule has 1 aliphatic rings. The van der Waals surface area contributed by atoms with Crippen molar-refractivity contribution >= 4 is 53.9 Å². The molecule has 3 atom stereocenters. The van der Waals surface area contributed by atoms with Crippen LogP contribution in [0.4, 0.5) is 4.79 Å². The normalized spacial score (nSPS) is 22.7. The Balaban J connectivity index is 1.83. The maximum absolute atomic E-state index is 13.2. The Hall–Kier alpha value is -1.79. The van der Waals surface area contributed by atoms with E-state index in [1.54, 1.807) is 12.1 Å². The number of hydrogen-bond acceptors (Lipinski definition) is 4. The molecule has 1 unspecified atom stereocenters. The second-order valence-electron chi connectivity index (χ2n) is 9.75. The summed E-state index contributed by atoms with van der Waals surface area (Å²) in [7, 11) is -3.93. The lowest BCUT2D eigenvalue weighted by atomic mass is 9.99. The molecule has 1 aliphatic heterocycles. The minimum atomic E-state index is -3.93. The van der Waals surface area contributed by atoms with E-state index >= 15 is 0 Å². The summed E-state index contributed by atoms with van der Waals surface area (Å²) in [4.78, 5) is 25.3. The van der Waals surface area contributed by atoms with E-state index in [0.717, 1.165) is 5.56 Å². The molecule has 0 saturated carbocycles. The summed E-state index contributed by atoms with van der Waals surface area (Å²) in [6, 6.07) is 13.0. The van der Waals surface area contributed by atoms with Crippen LogP contribution < -0.4 is 10.0 Å². The Labute approximate surface area is 223 Å². The van der Waals surface area contributed by atoms with Gasteiger partial charge in [-0.1, -0.05) is 46.3 Å². The number of nitrogens with one attached hydrogen (secondary N) is 2. The fourth-order valence-electron chi connectivity index (χ4n) is 4.79. The molecule has 0 bridgehead atoms. The first-order valence-corrected chi connectivity index (χ1v) is 14.2. The minimum Gasteiger partial charge on any atom is -0.435 e. The van der Waals surface area contributed by atoms with Crippen molar-refractivity contribution in [2.75, 3.05) is 13.1 Å². The molecule has 3 N–H and O–H groups in total. The number of halogens is 2. The molecular formula is C24H30Br2N3O5S+. The average molecular weight is 632 g/mol. The number of rotatable bonds is 7. The van der Waals surface area contributed by atoms with Crippen LogP contribution in [0.25, 0.3) is 0 Å². The lowest BCUT2D eigenvalue weighted by Gasteiger charge is -2.44. The molecule has 0 spiro atoms. The van der Waals surface area contributed by atoms with E-state index in [9.17, 15) is 23.1 Å². The van der Waals surface area contributed by atoms with Gasteiger partial charge in [-0.15, -0.1) is 0 Å². The van der Waals surface area contributed by atoms with Crippen LogP contribution in [0, 0.1) is 0 Å². The number of carboxylic acid groups (broad SMARTS) is 1. The van der Waals surface area contributed by atoms with Crippen molar-refractivity contribution in [1.82, 2.24) is 10.0 Å². The predicted octanol–water partition coefficient (Wildman–Crippen LogP) is 4.28. The Morgan fingerprint density at radius 3 is 2.37 bits per heavy atom. The SMILES string of the molecule is CC(C)(C)[N+]1(C(=O)O)C[C@H](NS(=O)(=O)c2cc(Br)ccc2Br)C[C@@H]1CNC(=O)Cc1ccccc1. The first-order valence-electron chi connectivity index (χ1n) is 11.2. The number of carbonyl (C=O) groups excluding carboxylic acids is 1. The summed E-state index contributed by atoms with van der Waals surface area (Å²) in [6.45, 7) is 5.64. The Morgan fingerprint density at radius 2 is 1.77 bits per heavy atom. The molecule has 190 valence electrons. The number of hydrogen-bond donors (Lipinski definition) is 3. The zero-order chi connectivity index (χ0) is 26.0. The summed E-state index contributed by atoms with van der Waals surface area (Å²) in [5, 5.41) is 13.2. The monoisotopic (exact) mass is 630 g/mol. The zero-order valence-electron chi connectivity index (χ0n) is 19.8. The summed E-state index contributed by atoms with van der Waals surface area (Å²) >= 11 is 6.59. The first-order chi connectivity index (χ1) is 16.3. The van der Waals surface area contributed by atoms with E-state index < -0.39 is 33.7 Å². The first kappa shape index (κ1) is 27.8. The lowest BCUT2D eigenvalue weighted by molar-refractivity contribution is -0.913. The van der Waals surface area contributed by atoms with Crippen LogP contribution in [0.5, 0.6) is 0 Å². The molecule has 2 aromatic carbocycles. The third kappa shape index (κ3) is 6.14. The topological polar surface area (TPSA) is 113 Å². The molecule has 0 radical (unpaired) electrons. The quantitative estimate of drug-likeness (QED) is 0.395. The van der Waals surface area contributed by atoms with Crippen molar-refractivity contribution in [3.63, 3.8) is 0 Å². The van der Waals surface area contributed by atoms with Crippen LogP contribution in [0.3, 0.4) is 0 Å². The van der Waals surface area contributed by atoms with Crippen molar-refractivity contribution in [2.24, 2.45) is 0 Å². The number of amides is 2. The average Bonchev–Trinajstić information content (AvgIpc) is 3.13. The van der Waals surface area contributed by atoms with E-state index in [2.05, 4.69) is 41.9 Å². The highest BCUT2D eigenvalue weighted by molar-refractivity contribution is 9.11. The fourth-order valence-corrected chi connectivity index (χ4v) is 7.53. The van der Waals surface area contributed by atoms with Gasteiger partial charge >= 0.3 is 6.09 Å². The maximum atomic E-state index is 13.2. The van der Waals surface area contributed by atoms with Crippen LogP contribution in [0.1, 0.15) is 32.8 Å². The molecule has 1 fully saturated rings. The van der Waals surface area contributed by atoms with E-state index in [4.69, 9.17) is 0 Å². The van der Waals surface area contributed by atoms with Gasteiger partial charge < -0.3 is 10.4 Å². The van der Waals surface area contributed by atoms with Crippen LogP contribution in [0.2, 0.25) is 0 Å². The Morgan fingerprint density at radius 1 is 1.11 bits per heavy atom. The minimum absolute atomic E-state index is 0.0584. The summed E-state index contributed by atoms with van der Waals surface area (Å²) < 4.78 is 29.7. The molecule has 2 aromatic rings. The molecule has 1 saturated heterocycles. The van der Waals surface area contributed by atoms with E-state index in [1.807, 2.05) is 51.1 Å².